The molecular formula is C16H17N3O. The van der Waals surface area contributed by atoms with Crippen LogP contribution in [-0.2, 0) is 6.42 Å². The second-order valence-electron chi connectivity index (χ2n) is 4.80. The number of aliphatic hydroxyl groups excluding tert-OH is 1. The molecule has 2 heterocycles. The predicted octanol–water partition coefficient (Wildman–Crippen LogP) is 1.38. The van der Waals surface area contributed by atoms with Gasteiger partial charge in [-0.25, -0.2) is 4.98 Å². The van der Waals surface area contributed by atoms with Crippen LogP contribution in [0, 0.1) is 11.8 Å². The van der Waals surface area contributed by atoms with E-state index in [4.69, 9.17) is 5.11 Å². The Labute approximate surface area is 118 Å². The van der Waals surface area contributed by atoms with Gasteiger partial charge in [0.15, 0.2) is 0 Å². The summed E-state index contributed by atoms with van der Waals surface area (Å²) in [6, 6.07) is 8.36. The van der Waals surface area contributed by atoms with Gasteiger partial charge >= 0.3 is 0 Å². The Morgan fingerprint density at radius 1 is 1.30 bits per heavy atom. The SMILES string of the molecule is OCCC#Cc1ccc([C@H]2NCCc3[nH]cnc32)cc1. The molecule has 0 amide bonds. The summed E-state index contributed by atoms with van der Waals surface area (Å²) in [4.78, 5) is 7.63. The summed E-state index contributed by atoms with van der Waals surface area (Å²) in [6.07, 6.45) is 3.28. The largest absolute Gasteiger partial charge is 0.395 e. The predicted molar refractivity (Wildman–Crippen MR) is 77.2 cm³/mol. The first-order valence-electron chi connectivity index (χ1n) is 6.83. The Morgan fingerprint density at radius 2 is 2.15 bits per heavy atom. The zero-order chi connectivity index (χ0) is 13.8. The Morgan fingerprint density at radius 3 is 2.95 bits per heavy atom. The molecule has 1 atom stereocenters. The first kappa shape index (κ1) is 12.9. The zero-order valence-electron chi connectivity index (χ0n) is 11.2. The molecular weight excluding hydrogens is 250 g/mol. The maximum absolute atomic E-state index is 8.71. The van der Waals surface area contributed by atoms with Crippen molar-refractivity contribution in [3.63, 3.8) is 0 Å². The van der Waals surface area contributed by atoms with Crippen LogP contribution < -0.4 is 5.32 Å². The van der Waals surface area contributed by atoms with E-state index >= 15 is 0 Å². The van der Waals surface area contributed by atoms with Gasteiger partial charge in [0.1, 0.15) is 0 Å². The molecule has 1 aliphatic rings. The minimum atomic E-state index is 0.110. The lowest BCUT2D eigenvalue weighted by molar-refractivity contribution is 0.305. The van der Waals surface area contributed by atoms with Crippen LogP contribution in [0.2, 0.25) is 0 Å². The summed E-state index contributed by atoms with van der Waals surface area (Å²) >= 11 is 0. The highest BCUT2D eigenvalue weighted by Crippen LogP contribution is 2.26. The van der Waals surface area contributed by atoms with Crippen molar-refractivity contribution in [1.82, 2.24) is 15.3 Å². The summed E-state index contributed by atoms with van der Waals surface area (Å²) in [5.41, 5.74) is 4.49. The lowest BCUT2D eigenvalue weighted by Crippen LogP contribution is -2.30. The minimum absolute atomic E-state index is 0.110. The van der Waals surface area contributed by atoms with E-state index < -0.39 is 0 Å². The number of aliphatic hydroxyl groups is 1. The van der Waals surface area contributed by atoms with Gasteiger partial charge in [-0.3, -0.25) is 0 Å². The van der Waals surface area contributed by atoms with Crippen molar-refractivity contribution < 1.29 is 5.11 Å². The van der Waals surface area contributed by atoms with Gasteiger partial charge in [0, 0.05) is 30.6 Å². The molecule has 4 nitrogen and oxygen atoms in total. The van der Waals surface area contributed by atoms with Crippen LogP contribution in [0.1, 0.15) is 35.0 Å². The van der Waals surface area contributed by atoms with Crippen molar-refractivity contribution >= 4 is 0 Å². The average Bonchev–Trinajstić information content (AvgIpc) is 2.97. The summed E-state index contributed by atoms with van der Waals surface area (Å²) in [6.45, 7) is 1.07. The van der Waals surface area contributed by atoms with Gasteiger partial charge in [0.05, 0.1) is 24.7 Å². The number of hydrogen-bond donors (Lipinski definition) is 3. The molecule has 2 aromatic rings. The van der Waals surface area contributed by atoms with E-state index in [0.29, 0.717) is 6.42 Å². The number of rotatable bonds is 2. The van der Waals surface area contributed by atoms with Crippen molar-refractivity contribution in [3.05, 3.63) is 53.1 Å². The second-order valence-corrected chi connectivity index (χ2v) is 4.80. The topological polar surface area (TPSA) is 60.9 Å². The van der Waals surface area contributed by atoms with Crippen LogP contribution in [0.5, 0.6) is 0 Å². The number of nitrogens with one attached hydrogen (secondary N) is 2. The Bertz CT molecular complexity index is 634. The van der Waals surface area contributed by atoms with E-state index in [1.165, 1.54) is 11.3 Å². The van der Waals surface area contributed by atoms with E-state index in [2.05, 4.69) is 39.3 Å². The molecule has 0 spiro atoms. The highest BCUT2D eigenvalue weighted by atomic mass is 16.2. The number of fused-ring (bicyclic) bond motifs is 1. The highest BCUT2D eigenvalue weighted by Gasteiger charge is 2.23. The summed E-state index contributed by atoms with van der Waals surface area (Å²) in [5, 5.41) is 12.2. The van der Waals surface area contributed by atoms with Gasteiger partial charge in [-0.05, 0) is 17.7 Å². The van der Waals surface area contributed by atoms with Gasteiger partial charge in [-0.15, -0.1) is 0 Å². The lowest BCUT2D eigenvalue weighted by atomic mass is 9.97. The fourth-order valence-corrected chi connectivity index (χ4v) is 2.47. The number of aromatic nitrogens is 2. The van der Waals surface area contributed by atoms with Crippen LogP contribution >= 0.6 is 0 Å². The smallest absolute Gasteiger partial charge is 0.0926 e. The third-order valence-corrected chi connectivity index (χ3v) is 3.46. The first-order chi connectivity index (χ1) is 9.88. The quantitative estimate of drug-likeness (QED) is 0.720. The van der Waals surface area contributed by atoms with Crippen molar-refractivity contribution in [3.8, 4) is 11.8 Å². The third-order valence-electron chi connectivity index (χ3n) is 3.46. The highest BCUT2D eigenvalue weighted by molar-refractivity contribution is 5.39. The van der Waals surface area contributed by atoms with Crippen LogP contribution in [0.25, 0.3) is 0 Å². The Kier molecular flexibility index (Phi) is 3.82. The molecule has 0 saturated carbocycles. The summed E-state index contributed by atoms with van der Waals surface area (Å²) in [5.74, 6) is 5.97. The van der Waals surface area contributed by atoms with Crippen molar-refractivity contribution in [2.75, 3.05) is 13.2 Å². The number of hydrogen-bond acceptors (Lipinski definition) is 3. The normalized spacial score (nSPS) is 17.1. The number of nitrogens with zero attached hydrogens (tertiary/aromatic N) is 1. The Hall–Kier alpha value is -2.09. The van der Waals surface area contributed by atoms with Gasteiger partial charge in [-0.2, -0.15) is 0 Å². The second kappa shape index (κ2) is 5.91. The molecule has 0 radical (unpaired) electrons. The molecule has 1 aromatic heterocycles. The average molecular weight is 267 g/mol. The summed E-state index contributed by atoms with van der Waals surface area (Å²) in [7, 11) is 0. The van der Waals surface area contributed by atoms with Crippen molar-refractivity contribution in [2.45, 2.75) is 18.9 Å². The van der Waals surface area contributed by atoms with Crippen molar-refractivity contribution in [2.24, 2.45) is 0 Å². The fourth-order valence-electron chi connectivity index (χ4n) is 2.47. The summed E-state index contributed by atoms with van der Waals surface area (Å²) < 4.78 is 0. The monoisotopic (exact) mass is 267 g/mol. The van der Waals surface area contributed by atoms with Crippen LogP contribution in [-0.4, -0.2) is 28.2 Å². The lowest BCUT2D eigenvalue weighted by Gasteiger charge is -2.23. The van der Waals surface area contributed by atoms with Crippen molar-refractivity contribution in [1.29, 1.82) is 0 Å². The van der Waals surface area contributed by atoms with Crippen LogP contribution in [0.4, 0.5) is 0 Å². The van der Waals surface area contributed by atoms with Gasteiger partial charge in [0.25, 0.3) is 0 Å². The van der Waals surface area contributed by atoms with E-state index in [-0.39, 0.29) is 12.6 Å². The molecule has 0 aliphatic carbocycles. The number of H-pyrrole nitrogens is 1. The fraction of sp³-hybridized carbons (Fsp3) is 0.312. The standard InChI is InChI=1S/C16H17N3O/c20-10-2-1-3-12-4-6-13(7-5-12)15-16-14(8-9-17-15)18-11-19-16/h4-7,11,15,17,20H,2,8-10H2,(H,18,19)/t15-/m1/s1. The molecule has 0 unspecified atom stereocenters. The molecule has 20 heavy (non-hydrogen) atoms. The molecule has 1 aliphatic heterocycles. The van der Waals surface area contributed by atoms with E-state index in [0.717, 1.165) is 24.2 Å². The van der Waals surface area contributed by atoms with Gasteiger partial charge < -0.3 is 15.4 Å². The molecule has 0 saturated heterocycles. The number of imidazole rings is 1. The molecule has 3 N–H and O–H groups in total. The number of aromatic amines is 1. The molecule has 1 aromatic carbocycles. The zero-order valence-corrected chi connectivity index (χ0v) is 11.2. The maximum Gasteiger partial charge on any atom is 0.0926 e. The maximum atomic E-state index is 8.71. The Balaban J connectivity index is 1.81. The van der Waals surface area contributed by atoms with E-state index in [1.807, 2.05) is 12.1 Å². The van der Waals surface area contributed by atoms with E-state index in [9.17, 15) is 0 Å². The third kappa shape index (κ3) is 2.60. The van der Waals surface area contributed by atoms with Gasteiger partial charge in [0.2, 0.25) is 0 Å². The molecule has 102 valence electrons. The van der Waals surface area contributed by atoms with Gasteiger partial charge in [-0.1, -0.05) is 24.0 Å². The first-order valence-corrected chi connectivity index (χ1v) is 6.83. The molecule has 4 heteroatoms. The molecule has 0 bridgehead atoms. The van der Waals surface area contributed by atoms with Crippen LogP contribution in [0.15, 0.2) is 30.6 Å². The minimum Gasteiger partial charge on any atom is -0.395 e. The van der Waals surface area contributed by atoms with E-state index in [1.54, 1.807) is 6.33 Å². The number of benzene rings is 1. The molecule has 0 fully saturated rings. The van der Waals surface area contributed by atoms with Crippen LogP contribution in [0.3, 0.4) is 0 Å². The molecule has 3 rings (SSSR count).